The summed E-state index contributed by atoms with van der Waals surface area (Å²) in [5, 5.41) is 42.0. The first kappa shape index (κ1) is 17.3. The molecule has 0 radical (unpaired) electrons. The molecule has 1 aromatic carbocycles. The number of benzene rings is 1. The number of nitro benzene ring substituents is 1. The second-order valence-corrected chi connectivity index (χ2v) is 5.27. The molecule has 0 aliphatic carbocycles. The summed E-state index contributed by atoms with van der Waals surface area (Å²) >= 11 is 0. The average molecular weight is 333 g/mol. The van der Waals surface area contributed by atoms with E-state index in [1.165, 1.54) is 4.90 Å². The molecule has 8 nitrogen and oxygen atoms in total. The fraction of sp³-hybridized carbons (Fsp3) is 0.538. The minimum Gasteiger partial charge on any atom is -0.504 e. The number of halogens is 2. The van der Waals surface area contributed by atoms with Crippen LogP contribution in [0.25, 0.3) is 0 Å². The monoisotopic (exact) mass is 333 g/mol. The van der Waals surface area contributed by atoms with Crippen LogP contribution in [0.15, 0.2) is 12.1 Å². The highest BCUT2D eigenvalue weighted by Gasteiger charge is 2.45. The second-order valence-electron chi connectivity index (χ2n) is 5.27. The van der Waals surface area contributed by atoms with Crippen molar-refractivity contribution >= 4 is 5.69 Å². The Morgan fingerprint density at radius 2 is 1.96 bits per heavy atom. The van der Waals surface area contributed by atoms with Crippen LogP contribution in [0.2, 0.25) is 0 Å². The van der Waals surface area contributed by atoms with Gasteiger partial charge in [-0.25, -0.2) is 8.78 Å². The minimum atomic E-state index is -3.57. The molecule has 1 aliphatic heterocycles. The van der Waals surface area contributed by atoms with E-state index in [1.54, 1.807) is 0 Å². The fourth-order valence-corrected chi connectivity index (χ4v) is 2.67. The highest BCUT2D eigenvalue weighted by molar-refractivity contribution is 5.57. The zero-order chi connectivity index (χ0) is 17.2. The van der Waals surface area contributed by atoms with Crippen LogP contribution >= 0.6 is 0 Å². The standard InChI is InChI=1S/C13H17F2N3O5/c14-13(15,7-19)12(17-3-1-16-2-4-17)8-5-9(18(22)23)11(21)10(20)6-8/h5-6,12,16,19-21H,1-4,7H2/t12-/m1/s1. The minimum absolute atomic E-state index is 0.243. The van der Waals surface area contributed by atoms with Crippen molar-refractivity contribution in [3.8, 4) is 11.5 Å². The lowest BCUT2D eigenvalue weighted by Gasteiger charge is -2.38. The molecule has 0 unspecified atom stereocenters. The number of alkyl halides is 2. The van der Waals surface area contributed by atoms with Gasteiger partial charge in [0.2, 0.25) is 5.75 Å². The largest absolute Gasteiger partial charge is 0.504 e. The maximum Gasteiger partial charge on any atom is 0.314 e. The Labute approximate surface area is 130 Å². The molecule has 128 valence electrons. The Morgan fingerprint density at radius 3 is 2.48 bits per heavy atom. The average Bonchev–Trinajstić information content (AvgIpc) is 2.51. The van der Waals surface area contributed by atoms with Crippen molar-refractivity contribution in [1.29, 1.82) is 0 Å². The summed E-state index contributed by atoms with van der Waals surface area (Å²) in [5.74, 6) is -5.41. The third kappa shape index (κ3) is 3.49. The van der Waals surface area contributed by atoms with E-state index in [0.29, 0.717) is 13.1 Å². The van der Waals surface area contributed by atoms with Crippen LogP contribution in [0, 0.1) is 10.1 Å². The lowest BCUT2D eigenvalue weighted by Crippen LogP contribution is -2.51. The van der Waals surface area contributed by atoms with Gasteiger partial charge in [0, 0.05) is 32.2 Å². The van der Waals surface area contributed by atoms with Crippen molar-refractivity contribution in [1.82, 2.24) is 10.2 Å². The smallest absolute Gasteiger partial charge is 0.314 e. The lowest BCUT2D eigenvalue weighted by molar-refractivity contribution is -0.386. The van der Waals surface area contributed by atoms with Gasteiger partial charge >= 0.3 is 5.69 Å². The molecule has 10 heteroatoms. The number of aliphatic hydroxyl groups excluding tert-OH is 1. The molecule has 1 fully saturated rings. The van der Waals surface area contributed by atoms with Crippen molar-refractivity contribution in [3.05, 3.63) is 27.8 Å². The van der Waals surface area contributed by atoms with Crippen LogP contribution in [0.5, 0.6) is 11.5 Å². The molecule has 1 aromatic rings. The summed E-state index contributed by atoms with van der Waals surface area (Å²) < 4.78 is 28.5. The number of hydrogen-bond acceptors (Lipinski definition) is 7. The SMILES string of the molecule is O=[N+]([O-])c1cc([C@@H](N2CCNCC2)C(F)(F)CO)cc(O)c1O. The zero-order valence-corrected chi connectivity index (χ0v) is 12.1. The molecule has 1 saturated heterocycles. The van der Waals surface area contributed by atoms with Crippen molar-refractivity contribution in [2.24, 2.45) is 0 Å². The van der Waals surface area contributed by atoms with Crippen molar-refractivity contribution < 1.29 is 29.0 Å². The molecule has 0 bridgehead atoms. The van der Waals surface area contributed by atoms with Crippen LogP contribution in [0.1, 0.15) is 11.6 Å². The van der Waals surface area contributed by atoms with E-state index >= 15 is 0 Å². The first-order valence-corrected chi connectivity index (χ1v) is 6.91. The summed E-state index contributed by atoms with van der Waals surface area (Å²) in [6, 6.07) is 0.00371. The maximum absolute atomic E-state index is 14.2. The number of piperazine rings is 1. The van der Waals surface area contributed by atoms with E-state index in [4.69, 9.17) is 5.11 Å². The molecule has 0 saturated carbocycles. The maximum atomic E-state index is 14.2. The van der Waals surface area contributed by atoms with Gasteiger partial charge in [-0.05, 0) is 11.6 Å². The first-order chi connectivity index (χ1) is 10.8. The molecule has 23 heavy (non-hydrogen) atoms. The quantitative estimate of drug-likeness (QED) is 0.353. The van der Waals surface area contributed by atoms with Gasteiger partial charge in [0.25, 0.3) is 5.92 Å². The third-order valence-electron chi connectivity index (χ3n) is 3.73. The number of rotatable bonds is 5. The summed E-state index contributed by atoms with van der Waals surface area (Å²) in [4.78, 5) is 11.3. The van der Waals surface area contributed by atoms with E-state index in [1.807, 2.05) is 0 Å². The van der Waals surface area contributed by atoms with Crippen molar-refractivity contribution in [2.45, 2.75) is 12.0 Å². The van der Waals surface area contributed by atoms with Gasteiger partial charge in [-0.1, -0.05) is 0 Å². The second kappa shape index (κ2) is 6.60. The molecule has 4 N–H and O–H groups in total. The molecule has 0 aromatic heterocycles. The third-order valence-corrected chi connectivity index (χ3v) is 3.73. The summed E-state index contributed by atoms with van der Waals surface area (Å²) in [7, 11) is 0. The predicted molar refractivity (Wildman–Crippen MR) is 75.6 cm³/mol. The molecular weight excluding hydrogens is 316 g/mol. The Bertz CT molecular complexity index is 593. The number of phenolic OH excluding ortho intramolecular Hbond substituents is 2. The number of phenols is 2. The van der Waals surface area contributed by atoms with E-state index in [-0.39, 0.29) is 18.7 Å². The molecule has 0 amide bonds. The van der Waals surface area contributed by atoms with E-state index in [9.17, 15) is 29.1 Å². The number of nitrogens with zero attached hydrogens (tertiary/aromatic N) is 2. The predicted octanol–water partition coefficient (Wildman–Crippen LogP) is 0.580. The lowest BCUT2D eigenvalue weighted by atomic mass is 9.97. The normalized spacial score (nSPS) is 17.9. The Balaban J connectivity index is 2.52. The number of hydrogen-bond donors (Lipinski definition) is 4. The van der Waals surface area contributed by atoms with Gasteiger partial charge in [0.15, 0.2) is 5.75 Å². The Kier molecular flexibility index (Phi) is 4.97. The number of aliphatic hydroxyl groups is 1. The van der Waals surface area contributed by atoms with Gasteiger partial charge in [0.1, 0.15) is 12.6 Å². The molecule has 2 rings (SSSR count). The molecule has 0 spiro atoms. The van der Waals surface area contributed by atoms with E-state index < -0.39 is 40.7 Å². The fourth-order valence-electron chi connectivity index (χ4n) is 2.67. The first-order valence-electron chi connectivity index (χ1n) is 6.91. The summed E-state index contributed by atoms with van der Waals surface area (Å²) in [6.45, 7) is -0.0588. The van der Waals surface area contributed by atoms with Crippen LogP contribution in [0.3, 0.4) is 0 Å². The van der Waals surface area contributed by atoms with Gasteiger partial charge in [-0.15, -0.1) is 0 Å². The van der Waals surface area contributed by atoms with Crippen molar-refractivity contribution in [2.75, 3.05) is 32.8 Å². The summed E-state index contributed by atoms with van der Waals surface area (Å²) in [5.41, 5.74) is -1.11. The molecule has 1 heterocycles. The summed E-state index contributed by atoms with van der Waals surface area (Å²) in [6.07, 6.45) is 0. The van der Waals surface area contributed by atoms with Gasteiger partial charge in [-0.3, -0.25) is 15.0 Å². The van der Waals surface area contributed by atoms with Crippen molar-refractivity contribution in [3.63, 3.8) is 0 Å². The Morgan fingerprint density at radius 1 is 1.35 bits per heavy atom. The highest BCUT2D eigenvalue weighted by atomic mass is 19.3. The van der Waals surface area contributed by atoms with Gasteiger partial charge < -0.3 is 20.6 Å². The van der Waals surface area contributed by atoms with E-state index in [0.717, 1.165) is 12.1 Å². The van der Waals surface area contributed by atoms with Crippen LogP contribution in [-0.2, 0) is 0 Å². The van der Waals surface area contributed by atoms with E-state index in [2.05, 4.69) is 5.32 Å². The number of nitro groups is 1. The highest BCUT2D eigenvalue weighted by Crippen LogP contribution is 2.43. The molecule has 1 atom stereocenters. The topological polar surface area (TPSA) is 119 Å². The van der Waals surface area contributed by atoms with Gasteiger partial charge in [-0.2, -0.15) is 0 Å². The number of nitrogens with one attached hydrogen (secondary N) is 1. The van der Waals surface area contributed by atoms with Crippen LogP contribution in [-0.4, -0.2) is 63.9 Å². The molecule has 1 aliphatic rings. The zero-order valence-electron chi connectivity index (χ0n) is 12.1. The van der Waals surface area contributed by atoms with Crippen LogP contribution < -0.4 is 5.32 Å². The Hall–Kier alpha value is -2.04. The van der Waals surface area contributed by atoms with Crippen LogP contribution in [0.4, 0.5) is 14.5 Å². The number of aromatic hydroxyl groups is 2. The molecular formula is C13H17F2N3O5. The van der Waals surface area contributed by atoms with Gasteiger partial charge in [0.05, 0.1) is 4.92 Å².